The highest BCUT2D eigenvalue weighted by molar-refractivity contribution is 5.78. The molecule has 0 saturated heterocycles. The first-order valence-electron chi connectivity index (χ1n) is 7.62. The second kappa shape index (κ2) is 5.72. The quantitative estimate of drug-likeness (QED) is 0.618. The van der Waals surface area contributed by atoms with E-state index in [0.717, 1.165) is 33.8 Å². The summed E-state index contributed by atoms with van der Waals surface area (Å²) < 4.78 is 3.42. The summed E-state index contributed by atoms with van der Waals surface area (Å²) in [7, 11) is 3.68. The van der Waals surface area contributed by atoms with E-state index < -0.39 is 0 Å². The summed E-state index contributed by atoms with van der Waals surface area (Å²) in [5, 5.41) is 24.6. The normalized spacial score (nSPS) is 10.8. The molecule has 0 bridgehead atoms. The van der Waals surface area contributed by atoms with Crippen LogP contribution in [0.2, 0.25) is 0 Å². The van der Waals surface area contributed by atoms with E-state index in [1.54, 1.807) is 27.7 Å². The van der Waals surface area contributed by atoms with Gasteiger partial charge >= 0.3 is 0 Å². The lowest BCUT2D eigenvalue weighted by Crippen LogP contribution is -1.99. The molecule has 0 atom stereocenters. The van der Waals surface area contributed by atoms with Crippen LogP contribution in [0.5, 0.6) is 0 Å². The molecule has 0 spiro atoms. The van der Waals surface area contributed by atoms with Crippen LogP contribution in [0.1, 0.15) is 5.56 Å². The lowest BCUT2D eigenvalue weighted by Gasteiger charge is -2.09. The third kappa shape index (κ3) is 2.48. The summed E-state index contributed by atoms with van der Waals surface area (Å²) in [5.74, 6) is 0. The number of fused-ring (bicyclic) bond motifs is 1. The van der Waals surface area contributed by atoms with Gasteiger partial charge in [0.1, 0.15) is 11.8 Å². The molecule has 0 aliphatic rings. The molecule has 4 heterocycles. The number of hydrogen-bond acceptors (Lipinski definition) is 6. The molecule has 4 aromatic heterocycles. The molecule has 0 radical (unpaired) electrons. The number of rotatable bonds is 3. The minimum Gasteiger partial charge on any atom is -0.387 e. The maximum atomic E-state index is 9.00. The van der Waals surface area contributed by atoms with Crippen LogP contribution in [0, 0.1) is 11.3 Å². The molecule has 8 heteroatoms. The standard InChI is InChI=1S/C17H14N8/c1-19-14-6-15(20-9-13(14)16-10-24(2)23-22-16)17-4-3-12-5-11(7-18)8-21-25(12)17/h3-6,8-10H,1-2H3,(H,19,20). The minimum absolute atomic E-state index is 0.527. The Balaban J connectivity index is 1.83. The maximum Gasteiger partial charge on any atom is 0.116 e. The van der Waals surface area contributed by atoms with E-state index >= 15 is 0 Å². The van der Waals surface area contributed by atoms with Crippen molar-refractivity contribution in [3.05, 3.63) is 48.4 Å². The Morgan fingerprint density at radius 2 is 2.04 bits per heavy atom. The lowest BCUT2D eigenvalue weighted by atomic mass is 10.1. The van der Waals surface area contributed by atoms with E-state index in [2.05, 4.69) is 31.8 Å². The molecule has 0 aromatic carbocycles. The van der Waals surface area contributed by atoms with Crippen molar-refractivity contribution < 1.29 is 0 Å². The second-order valence-electron chi connectivity index (χ2n) is 5.55. The molecule has 0 saturated carbocycles. The average molecular weight is 330 g/mol. The van der Waals surface area contributed by atoms with Gasteiger partial charge < -0.3 is 5.32 Å². The highest BCUT2D eigenvalue weighted by Gasteiger charge is 2.13. The van der Waals surface area contributed by atoms with Gasteiger partial charge in [-0.1, -0.05) is 5.21 Å². The minimum atomic E-state index is 0.527. The topological polar surface area (TPSA) is 96.7 Å². The highest BCUT2D eigenvalue weighted by Crippen LogP contribution is 2.30. The summed E-state index contributed by atoms with van der Waals surface area (Å²) in [4.78, 5) is 4.57. The van der Waals surface area contributed by atoms with E-state index in [4.69, 9.17) is 5.26 Å². The number of aryl methyl sites for hydroxylation is 1. The Morgan fingerprint density at radius 3 is 2.76 bits per heavy atom. The molecule has 25 heavy (non-hydrogen) atoms. The smallest absolute Gasteiger partial charge is 0.116 e. The summed E-state index contributed by atoms with van der Waals surface area (Å²) in [6, 6.07) is 9.70. The number of aromatic nitrogens is 6. The van der Waals surface area contributed by atoms with E-state index in [1.807, 2.05) is 38.5 Å². The van der Waals surface area contributed by atoms with Crippen molar-refractivity contribution in [1.82, 2.24) is 29.6 Å². The first-order chi connectivity index (χ1) is 12.2. The van der Waals surface area contributed by atoms with Gasteiger partial charge in [-0.15, -0.1) is 5.10 Å². The van der Waals surface area contributed by atoms with Gasteiger partial charge in [0.25, 0.3) is 0 Å². The largest absolute Gasteiger partial charge is 0.387 e. The predicted octanol–water partition coefficient (Wildman–Crippen LogP) is 2.11. The fourth-order valence-corrected chi connectivity index (χ4v) is 2.73. The molecule has 122 valence electrons. The molecule has 0 amide bonds. The summed E-state index contributed by atoms with van der Waals surface area (Å²) in [6.45, 7) is 0. The molecular weight excluding hydrogens is 316 g/mol. The van der Waals surface area contributed by atoms with Crippen molar-refractivity contribution in [3.8, 4) is 28.7 Å². The summed E-state index contributed by atoms with van der Waals surface area (Å²) in [5.41, 5.74) is 5.52. The van der Waals surface area contributed by atoms with Crippen LogP contribution in [-0.2, 0) is 7.05 Å². The Hall–Kier alpha value is -3.73. The third-order valence-electron chi connectivity index (χ3n) is 3.94. The second-order valence-corrected chi connectivity index (χ2v) is 5.55. The van der Waals surface area contributed by atoms with Gasteiger partial charge in [-0.05, 0) is 24.3 Å². The Morgan fingerprint density at radius 1 is 1.16 bits per heavy atom. The lowest BCUT2D eigenvalue weighted by molar-refractivity contribution is 0.715. The summed E-state index contributed by atoms with van der Waals surface area (Å²) in [6.07, 6.45) is 5.16. The van der Waals surface area contributed by atoms with Gasteiger partial charge in [0.2, 0.25) is 0 Å². The molecule has 8 nitrogen and oxygen atoms in total. The van der Waals surface area contributed by atoms with Crippen molar-refractivity contribution in [2.45, 2.75) is 0 Å². The Bertz CT molecular complexity index is 1120. The SMILES string of the molecule is CNc1cc(-c2ccc3cc(C#N)cnn23)ncc1-c1cn(C)nn1. The third-order valence-corrected chi connectivity index (χ3v) is 3.94. The van der Waals surface area contributed by atoms with Gasteiger partial charge in [-0.2, -0.15) is 10.4 Å². The van der Waals surface area contributed by atoms with Crippen LogP contribution < -0.4 is 5.32 Å². The van der Waals surface area contributed by atoms with Crippen molar-refractivity contribution in [3.63, 3.8) is 0 Å². The molecule has 4 aromatic rings. The van der Waals surface area contributed by atoms with Gasteiger partial charge in [-0.25, -0.2) is 4.52 Å². The van der Waals surface area contributed by atoms with Crippen LogP contribution in [0.3, 0.4) is 0 Å². The van der Waals surface area contributed by atoms with Crippen LogP contribution in [0.15, 0.2) is 42.9 Å². The van der Waals surface area contributed by atoms with Crippen LogP contribution in [0.4, 0.5) is 5.69 Å². The van der Waals surface area contributed by atoms with Crippen LogP contribution in [-0.4, -0.2) is 36.6 Å². The van der Waals surface area contributed by atoms with E-state index in [-0.39, 0.29) is 0 Å². The van der Waals surface area contributed by atoms with E-state index in [1.165, 1.54) is 0 Å². The molecule has 1 N–H and O–H groups in total. The van der Waals surface area contributed by atoms with E-state index in [0.29, 0.717) is 5.56 Å². The predicted molar refractivity (Wildman–Crippen MR) is 92.7 cm³/mol. The van der Waals surface area contributed by atoms with Crippen LogP contribution >= 0.6 is 0 Å². The molecular formula is C17H14N8. The zero-order valence-corrected chi connectivity index (χ0v) is 13.7. The maximum absolute atomic E-state index is 9.00. The molecule has 0 aliphatic heterocycles. The van der Waals surface area contributed by atoms with E-state index in [9.17, 15) is 0 Å². The van der Waals surface area contributed by atoms with Gasteiger partial charge in [0, 0.05) is 31.5 Å². The molecule has 4 rings (SSSR count). The van der Waals surface area contributed by atoms with Crippen LogP contribution in [0.25, 0.3) is 28.2 Å². The zero-order valence-electron chi connectivity index (χ0n) is 13.7. The zero-order chi connectivity index (χ0) is 17.4. The first-order valence-corrected chi connectivity index (χ1v) is 7.62. The number of pyridine rings is 1. The number of anilines is 1. The van der Waals surface area contributed by atoms with Crippen molar-refractivity contribution in [1.29, 1.82) is 5.26 Å². The fourth-order valence-electron chi connectivity index (χ4n) is 2.73. The summed E-state index contributed by atoms with van der Waals surface area (Å²) >= 11 is 0. The Labute approximate surface area is 143 Å². The molecule has 0 unspecified atom stereocenters. The number of hydrogen-bond donors (Lipinski definition) is 1. The molecule has 0 aliphatic carbocycles. The molecule has 0 fully saturated rings. The van der Waals surface area contributed by atoms with Crippen molar-refractivity contribution in [2.24, 2.45) is 7.05 Å². The van der Waals surface area contributed by atoms with Crippen molar-refractivity contribution in [2.75, 3.05) is 12.4 Å². The Kier molecular flexibility index (Phi) is 3.40. The van der Waals surface area contributed by atoms with Gasteiger partial charge in [0.15, 0.2) is 0 Å². The first kappa shape index (κ1) is 14.8. The number of nitrogens with one attached hydrogen (secondary N) is 1. The fraction of sp³-hybridized carbons (Fsp3) is 0.118. The van der Waals surface area contributed by atoms with Gasteiger partial charge in [0.05, 0.1) is 34.9 Å². The van der Waals surface area contributed by atoms with Gasteiger partial charge in [-0.3, -0.25) is 9.67 Å². The average Bonchev–Trinajstić information content (AvgIpc) is 3.26. The monoisotopic (exact) mass is 330 g/mol. The highest BCUT2D eigenvalue weighted by atomic mass is 15.4. The van der Waals surface area contributed by atoms with Crippen molar-refractivity contribution >= 4 is 11.2 Å². The number of nitriles is 1. The number of nitrogens with zero attached hydrogens (tertiary/aromatic N) is 7.